The van der Waals surface area contributed by atoms with Gasteiger partial charge in [-0.15, -0.1) is 0 Å². The average molecular weight is 389 g/mol. The summed E-state index contributed by atoms with van der Waals surface area (Å²) in [5, 5.41) is 11.6. The lowest BCUT2D eigenvalue weighted by atomic mass is 10.2. The van der Waals surface area contributed by atoms with Crippen LogP contribution in [-0.4, -0.2) is 25.8 Å². The highest BCUT2D eigenvalue weighted by atomic mass is 16.5. The van der Waals surface area contributed by atoms with Crippen LogP contribution >= 0.6 is 0 Å². The minimum absolute atomic E-state index is 0.116. The molecule has 0 fully saturated rings. The molecule has 0 bridgehead atoms. The van der Waals surface area contributed by atoms with Gasteiger partial charge in [0.05, 0.1) is 17.6 Å². The minimum atomic E-state index is -0.116. The molecule has 0 saturated heterocycles. The van der Waals surface area contributed by atoms with Crippen molar-refractivity contribution in [3.63, 3.8) is 0 Å². The zero-order valence-electron chi connectivity index (χ0n) is 15.7. The van der Waals surface area contributed by atoms with Crippen LogP contribution in [0.3, 0.4) is 0 Å². The topological polar surface area (TPSA) is 99.0 Å². The van der Waals surface area contributed by atoms with Crippen LogP contribution < -0.4 is 5.32 Å². The molecule has 1 aromatic carbocycles. The predicted octanol–water partition coefficient (Wildman–Crippen LogP) is 3.58. The Bertz CT molecular complexity index is 1130. The average Bonchev–Trinajstić information content (AvgIpc) is 3.52. The summed E-state index contributed by atoms with van der Waals surface area (Å²) >= 11 is 0. The third kappa shape index (κ3) is 3.44. The summed E-state index contributed by atoms with van der Waals surface area (Å²) in [6, 6.07) is 13.3. The van der Waals surface area contributed by atoms with E-state index in [-0.39, 0.29) is 12.3 Å². The molecule has 1 aliphatic carbocycles. The van der Waals surface area contributed by atoms with Crippen molar-refractivity contribution in [3.05, 3.63) is 65.9 Å². The predicted molar refractivity (Wildman–Crippen MR) is 105 cm³/mol. The van der Waals surface area contributed by atoms with E-state index < -0.39 is 0 Å². The first kappa shape index (κ1) is 17.4. The van der Waals surface area contributed by atoms with Crippen molar-refractivity contribution in [2.24, 2.45) is 0 Å². The summed E-state index contributed by atoms with van der Waals surface area (Å²) in [4.78, 5) is 16.9. The molecule has 5 rings (SSSR count). The van der Waals surface area contributed by atoms with Gasteiger partial charge in [0.1, 0.15) is 5.82 Å². The van der Waals surface area contributed by atoms with Crippen molar-refractivity contribution in [3.8, 4) is 17.3 Å². The normalized spacial score (nSPS) is 12.8. The number of amides is 1. The number of carbonyl (C=O) groups excluding carboxylic acids is 1. The maximum absolute atomic E-state index is 12.6. The van der Waals surface area contributed by atoms with Crippen molar-refractivity contribution in [2.45, 2.75) is 32.1 Å². The van der Waals surface area contributed by atoms with Crippen LogP contribution in [0, 0.1) is 0 Å². The van der Waals surface area contributed by atoms with Crippen molar-refractivity contribution in [1.29, 1.82) is 0 Å². The second-order valence-corrected chi connectivity index (χ2v) is 6.91. The van der Waals surface area contributed by atoms with Crippen LogP contribution in [-0.2, 0) is 24.1 Å². The maximum atomic E-state index is 12.6. The van der Waals surface area contributed by atoms with Gasteiger partial charge in [0.15, 0.2) is 5.76 Å². The lowest BCUT2D eigenvalue weighted by Crippen LogP contribution is -2.16. The standard InChI is InChI=1S/C21H19N5O3/c27-18(11-12-19-23-20(25-29-19)17-10-5-13-28-17)22-21-15-8-4-9-16(15)24-26(21)14-6-2-1-3-7-14/h1-3,5-7,10,13H,4,8-9,11-12H2,(H,22,27). The maximum Gasteiger partial charge on any atom is 0.238 e. The number of aryl methyl sites for hydroxylation is 2. The van der Waals surface area contributed by atoms with Crippen LogP contribution in [0.15, 0.2) is 57.7 Å². The largest absolute Gasteiger partial charge is 0.461 e. The number of hydrogen-bond acceptors (Lipinski definition) is 6. The van der Waals surface area contributed by atoms with Crippen molar-refractivity contribution in [2.75, 3.05) is 5.32 Å². The number of carbonyl (C=O) groups is 1. The number of furan rings is 1. The lowest BCUT2D eigenvalue weighted by molar-refractivity contribution is -0.116. The number of para-hydroxylation sites is 1. The number of fused-ring (bicyclic) bond motifs is 1. The minimum Gasteiger partial charge on any atom is -0.461 e. The monoisotopic (exact) mass is 389 g/mol. The molecule has 1 N–H and O–H groups in total. The number of benzene rings is 1. The molecule has 3 heterocycles. The Kier molecular flexibility index (Phi) is 4.44. The Morgan fingerprint density at radius 2 is 2.03 bits per heavy atom. The van der Waals surface area contributed by atoms with Crippen LogP contribution in [0.2, 0.25) is 0 Å². The summed E-state index contributed by atoms with van der Waals surface area (Å²) in [6.45, 7) is 0. The van der Waals surface area contributed by atoms with E-state index in [0.717, 1.165) is 42.0 Å². The van der Waals surface area contributed by atoms with Gasteiger partial charge in [-0.25, -0.2) is 4.68 Å². The molecule has 0 radical (unpaired) electrons. The van der Waals surface area contributed by atoms with E-state index >= 15 is 0 Å². The smallest absolute Gasteiger partial charge is 0.238 e. The SMILES string of the molecule is O=C(CCc1nc(-c2ccco2)no1)Nc1c2c(nn1-c1ccccc1)CCC2. The Hall–Kier alpha value is -3.68. The number of aromatic nitrogens is 4. The fraction of sp³-hybridized carbons (Fsp3) is 0.238. The zero-order valence-corrected chi connectivity index (χ0v) is 15.7. The first-order valence-electron chi connectivity index (χ1n) is 9.60. The number of rotatable bonds is 6. The molecule has 4 aromatic rings. The summed E-state index contributed by atoms with van der Waals surface area (Å²) in [5.74, 6) is 1.95. The molecule has 0 saturated carbocycles. The van der Waals surface area contributed by atoms with Gasteiger partial charge >= 0.3 is 0 Å². The van der Waals surface area contributed by atoms with E-state index in [1.165, 1.54) is 0 Å². The van der Waals surface area contributed by atoms with E-state index in [1.54, 1.807) is 18.4 Å². The number of nitrogens with zero attached hydrogens (tertiary/aromatic N) is 4. The van der Waals surface area contributed by atoms with Crippen molar-refractivity contribution in [1.82, 2.24) is 19.9 Å². The number of hydrogen-bond donors (Lipinski definition) is 1. The molecule has 0 atom stereocenters. The highest BCUT2D eigenvalue weighted by Crippen LogP contribution is 2.31. The molecule has 29 heavy (non-hydrogen) atoms. The van der Waals surface area contributed by atoms with Gasteiger partial charge in [0.25, 0.3) is 0 Å². The second-order valence-electron chi connectivity index (χ2n) is 6.91. The molecule has 0 aliphatic heterocycles. The Morgan fingerprint density at radius 1 is 1.14 bits per heavy atom. The first-order valence-corrected chi connectivity index (χ1v) is 9.60. The van der Waals surface area contributed by atoms with Gasteiger partial charge in [-0.1, -0.05) is 23.4 Å². The van der Waals surface area contributed by atoms with E-state index in [4.69, 9.17) is 14.0 Å². The zero-order chi connectivity index (χ0) is 19.6. The van der Waals surface area contributed by atoms with Gasteiger partial charge < -0.3 is 14.3 Å². The van der Waals surface area contributed by atoms with Crippen molar-refractivity contribution >= 4 is 11.7 Å². The summed E-state index contributed by atoms with van der Waals surface area (Å²) in [6.07, 6.45) is 5.06. The molecule has 3 aromatic heterocycles. The Morgan fingerprint density at radius 3 is 2.86 bits per heavy atom. The molecule has 8 heteroatoms. The fourth-order valence-corrected chi connectivity index (χ4v) is 3.55. The van der Waals surface area contributed by atoms with E-state index in [2.05, 4.69) is 15.5 Å². The van der Waals surface area contributed by atoms with Gasteiger partial charge in [-0.2, -0.15) is 10.1 Å². The molecule has 1 amide bonds. The number of anilines is 1. The molecule has 8 nitrogen and oxygen atoms in total. The van der Waals surface area contributed by atoms with Crippen LogP contribution in [0.4, 0.5) is 5.82 Å². The van der Waals surface area contributed by atoms with Gasteiger partial charge in [0.2, 0.25) is 17.6 Å². The quantitative estimate of drug-likeness (QED) is 0.541. The Labute approximate surface area is 166 Å². The van der Waals surface area contributed by atoms with Gasteiger partial charge in [-0.05, 0) is 43.5 Å². The van der Waals surface area contributed by atoms with Gasteiger partial charge in [-0.3, -0.25) is 4.79 Å². The highest BCUT2D eigenvalue weighted by molar-refractivity contribution is 5.91. The molecule has 0 spiro atoms. The summed E-state index contributed by atoms with van der Waals surface area (Å²) < 4.78 is 12.3. The van der Waals surface area contributed by atoms with Crippen molar-refractivity contribution < 1.29 is 13.7 Å². The van der Waals surface area contributed by atoms with E-state index in [0.29, 0.717) is 23.9 Å². The third-order valence-electron chi connectivity index (χ3n) is 4.94. The van der Waals surface area contributed by atoms with Crippen LogP contribution in [0.25, 0.3) is 17.3 Å². The third-order valence-corrected chi connectivity index (χ3v) is 4.94. The van der Waals surface area contributed by atoms with Crippen LogP contribution in [0.5, 0.6) is 0 Å². The van der Waals surface area contributed by atoms with Crippen LogP contribution in [0.1, 0.15) is 30.0 Å². The van der Waals surface area contributed by atoms with Gasteiger partial charge in [0, 0.05) is 18.4 Å². The lowest BCUT2D eigenvalue weighted by Gasteiger charge is -2.10. The van der Waals surface area contributed by atoms with E-state index in [1.807, 2.05) is 35.0 Å². The van der Waals surface area contributed by atoms with E-state index in [9.17, 15) is 4.79 Å². The summed E-state index contributed by atoms with van der Waals surface area (Å²) in [7, 11) is 0. The second kappa shape index (κ2) is 7.38. The molecular formula is C21H19N5O3. The fourth-order valence-electron chi connectivity index (χ4n) is 3.55. The molecule has 1 aliphatic rings. The first-order chi connectivity index (χ1) is 14.3. The number of nitrogens with one attached hydrogen (secondary N) is 1. The Balaban J connectivity index is 1.30. The molecule has 146 valence electrons. The summed E-state index contributed by atoms with van der Waals surface area (Å²) in [5.41, 5.74) is 3.11. The molecular weight excluding hydrogens is 370 g/mol. The molecule has 0 unspecified atom stereocenters. The highest BCUT2D eigenvalue weighted by Gasteiger charge is 2.24.